The predicted molar refractivity (Wildman–Crippen MR) is 103 cm³/mol. The summed E-state index contributed by atoms with van der Waals surface area (Å²) >= 11 is 3.26. The molecule has 1 amide bonds. The van der Waals surface area contributed by atoms with Gasteiger partial charge in [-0.05, 0) is 36.1 Å². The Labute approximate surface area is 163 Å². The zero-order chi connectivity index (χ0) is 19.2. The second kappa shape index (κ2) is 9.57. The van der Waals surface area contributed by atoms with Crippen LogP contribution in [0.5, 0.6) is 11.5 Å². The number of hydrogen-bond acceptors (Lipinski definition) is 5. The lowest BCUT2D eigenvalue weighted by Gasteiger charge is -2.29. The number of carbonyl (C=O) groups excluding carboxylic acids is 1. The second-order valence-electron chi connectivity index (χ2n) is 6.02. The summed E-state index contributed by atoms with van der Waals surface area (Å²) in [5.74, 6) is 1.01. The van der Waals surface area contributed by atoms with Gasteiger partial charge in [-0.25, -0.2) is 8.42 Å². The van der Waals surface area contributed by atoms with Crippen LogP contribution in [0.15, 0.2) is 12.1 Å². The van der Waals surface area contributed by atoms with E-state index in [4.69, 9.17) is 9.47 Å². The quantitative estimate of drug-likeness (QED) is 0.580. The molecule has 0 unspecified atom stereocenters. The molecule has 0 saturated carbocycles. The number of amides is 1. The van der Waals surface area contributed by atoms with Crippen molar-refractivity contribution in [1.82, 2.24) is 9.62 Å². The Bertz CT molecular complexity index is 739. The number of rotatable bonds is 9. The molecule has 1 heterocycles. The summed E-state index contributed by atoms with van der Waals surface area (Å²) in [6.07, 6.45) is 1.74. The molecule has 0 aliphatic carbocycles. The maximum Gasteiger partial charge on any atom is 0.220 e. The van der Waals surface area contributed by atoms with Crippen molar-refractivity contribution in [2.75, 3.05) is 38.4 Å². The number of sulfonamides is 1. The summed E-state index contributed by atoms with van der Waals surface area (Å²) in [7, 11) is -0.305. The topological polar surface area (TPSA) is 84.9 Å². The van der Waals surface area contributed by atoms with E-state index in [0.29, 0.717) is 37.4 Å². The van der Waals surface area contributed by atoms with Crippen molar-refractivity contribution in [2.45, 2.75) is 25.8 Å². The van der Waals surface area contributed by atoms with Crippen molar-refractivity contribution in [3.8, 4) is 11.5 Å². The van der Waals surface area contributed by atoms with Gasteiger partial charge in [0.15, 0.2) is 11.5 Å². The molecule has 1 aromatic carbocycles. The third-order valence-corrected chi connectivity index (χ3v) is 6.68. The highest BCUT2D eigenvalue weighted by molar-refractivity contribution is 9.09. The number of nitrogens with zero attached hydrogens (tertiary/aromatic N) is 1. The van der Waals surface area contributed by atoms with E-state index in [-0.39, 0.29) is 18.2 Å². The molecule has 0 saturated heterocycles. The van der Waals surface area contributed by atoms with Crippen LogP contribution in [-0.4, -0.2) is 57.0 Å². The first kappa shape index (κ1) is 21.0. The SMILES string of the molecule is COc1cc2c(cc1OC)CN(S(=O)(=O)CCNC(=O)CCCBr)CC2. The molecule has 1 aromatic rings. The monoisotopic (exact) mass is 448 g/mol. The summed E-state index contributed by atoms with van der Waals surface area (Å²) in [5, 5.41) is 3.41. The minimum absolute atomic E-state index is 0.102. The number of carbonyl (C=O) groups is 1. The summed E-state index contributed by atoms with van der Waals surface area (Å²) in [5.41, 5.74) is 1.98. The molecule has 2 rings (SSSR count). The molecule has 1 N–H and O–H groups in total. The molecule has 1 aliphatic heterocycles. The fraction of sp³-hybridized carbons (Fsp3) is 0.588. The Kier molecular flexibility index (Phi) is 7.72. The highest BCUT2D eigenvalue weighted by Crippen LogP contribution is 2.33. The van der Waals surface area contributed by atoms with Gasteiger partial charge < -0.3 is 14.8 Å². The van der Waals surface area contributed by atoms with Gasteiger partial charge in [-0.15, -0.1) is 0 Å². The van der Waals surface area contributed by atoms with E-state index in [2.05, 4.69) is 21.2 Å². The molecule has 9 heteroatoms. The second-order valence-corrected chi connectivity index (χ2v) is 8.90. The first-order valence-corrected chi connectivity index (χ1v) is 11.2. The third kappa shape index (κ3) is 5.34. The van der Waals surface area contributed by atoms with Crippen LogP contribution in [0.1, 0.15) is 24.0 Å². The van der Waals surface area contributed by atoms with Crippen molar-refractivity contribution < 1.29 is 22.7 Å². The van der Waals surface area contributed by atoms with Crippen LogP contribution in [0.3, 0.4) is 0 Å². The highest BCUT2D eigenvalue weighted by Gasteiger charge is 2.27. The number of hydrogen-bond donors (Lipinski definition) is 1. The van der Waals surface area contributed by atoms with Crippen molar-refractivity contribution in [3.63, 3.8) is 0 Å². The lowest BCUT2D eigenvalue weighted by Crippen LogP contribution is -2.40. The maximum atomic E-state index is 12.6. The summed E-state index contributed by atoms with van der Waals surface area (Å²) in [6, 6.07) is 3.74. The molecule has 26 heavy (non-hydrogen) atoms. The molecule has 7 nitrogen and oxygen atoms in total. The number of benzene rings is 1. The number of fused-ring (bicyclic) bond motifs is 1. The zero-order valence-electron chi connectivity index (χ0n) is 15.1. The number of nitrogens with one attached hydrogen (secondary N) is 1. The van der Waals surface area contributed by atoms with Crippen molar-refractivity contribution >= 4 is 31.9 Å². The standard InChI is InChI=1S/C17H25BrN2O5S/c1-24-15-10-13-5-8-20(12-14(13)11-16(15)25-2)26(22,23)9-7-19-17(21)4-3-6-18/h10-11H,3-9,12H2,1-2H3,(H,19,21). The van der Waals surface area contributed by atoms with Crippen LogP contribution >= 0.6 is 15.9 Å². The Morgan fingerprint density at radius 3 is 2.50 bits per heavy atom. The van der Waals surface area contributed by atoms with Gasteiger partial charge in [0, 0.05) is 31.4 Å². The number of ether oxygens (including phenoxy) is 2. The number of halogens is 1. The van der Waals surface area contributed by atoms with E-state index >= 15 is 0 Å². The summed E-state index contributed by atoms with van der Waals surface area (Å²) in [6.45, 7) is 0.844. The van der Waals surface area contributed by atoms with Crippen molar-refractivity contribution in [2.24, 2.45) is 0 Å². The van der Waals surface area contributed by atoms with E-state index in [1.165, 1.54) is 4.31 Å². The van der Waals surface area contributed by atoms with E-state index in [1.807, 2.05) is 12.1 Å². The third-order valence-electron chi connectivity index (χ3n) is 4.30. The largest absolute Gasteiger partial charge is 0.493 e. The molecule has 146 valence electrons. The average Bonchev–Trinajstić information content (AvgIpc) is 2.64. The van der Waals surface area contributed by atoms with Crippen LogP contribution in [0, 0.1) is 0 Å². The van der Waals surface area contributed by atoms with E-state index in [0.717, 1.165) is 22.9 Å². The number of alkyl halides is 1. The minimum atomic E-state index is -3.44. The first-order chi connectivity index (χ1) is 12.4. The van der Waals surface area contributed by atoms with Crippen LogP contribution in [0.2, 0.25) is 0 Å². The molecule has 0 fully saturated rings. The van der Waals surface area contributed by atoms with Crippen LogP contribution < -0.4 is 14.8 Å². The first-order valence-electron chi connectivity index (χ1n) is 8.45. The van der Waals surface area contributed by atoms with Crippen LogP contribution in [-0.2, 0) is 27.8 Å². The van der Waals surface area contributed by atoms with Gasteiger partial charge in [0.2, 0.25) is 15.9 Å². The van der Waals surface area contributed by atoms with Gasteiger partial charge in [-0.3, -0.25) is 4.79 Å². The van der Waals surface area contributed by atoms with Gasteiger partial charge in [-0.2, -0.15) is 4.31 Å². The lowest BCUT2D eigenvalue weighted by molar-refractivity contribution is -0.120. The average molecular weight is 449 g/mol. The number of methoxy groups -OCH3 is 2. The molecular formula is C17H25BrN2O5S. The predicted octanol–water partition coefficient (Wildman–Crippen LogP) is 1.68. The fourth-order valence-corrected chi connectivity index (χ4v) is 4.46. The van der Waals surface area contributed by atoms with Crippen molar-refractivity contribution in [1.29, 1.82) is 0 Å². The zero-order valence-corrected chi connectivity index (χ0v) is 17.5. The van der Waals surface area contributed by atoms with Gasteiger partial charge in [0.05, 0.1) is 20.0 Å². The molecule has 0 spiro atoms. The summed E-state index contributed by atoms with van der Waals surface area (Å²) in [4.78, 5) is 11.6. The molecule has 0 aromatic heterocycles. The van der Waals surface area contributed by atoms with Gasteiger partial charge in [-0.1, -0.05) is 15.9 Å². The van der Waals surface area contributed by atoms with Crippen LogP contribution in [0.25, 0.3) is 0 Å². The molecule has 0 radical (unpaired) electrons. The van der Waals surface area contributed by atoms with Crippen LogP contribution in [0.4, 0.5) is 0 Å². The van der Waals surface area contributed by atoms with E-state index in [1.54, 1.807) is 14.2 Å². The highest BCUT2D eigenvalue weighted by atomic mass is 79.9. The molecule has 0 atom stereocenters. The van der Waals surface area contributed by atoms with Gasteiger partial charge in [0.25, 0.3) is 0 Å². The Morgan fingerprint density at radius 1 is 1.23 bits per heavy atom. The summed E-state index contributed by atoms with van der Waals surface area (Å²) < 4.78 is 37.2. The Balaban J connectivity index is 1.99. The van der Waals surface area contributed by atoms with Crippen molar-refractivity contribution in [3.05, 3.63) is 23.3 Å². The maximum absolute atomic E-state index is 12.6. The smallest absolute Gasteiger partial charge is 0.220 e. The normalized spacial score (nSPS) is 14.6. The molecule has 0 bridgehead atoms. The fourth-order valence-electron chi connectivity index (χ4n) is 2.86. The van der Waals surface area contributed by atoms with Gasteiger partial charge >= 0.3 is 0 Å². The Morgan fingerprint density at radius 2 is 1.88 bits per heavy atom. The molecular weight excluding hydrogens is 424 g/mol. The lowest BCUT2D eigenvalue weighted by atomic mass is 10.0. The molecule has 1 aliphatic rings. The Hall–Kier alpha value is -1.32. The van der Waals surface area contributed by atoms with E-state index < -0.39 is 10.0 Å². The van der Waals surface area contributed by atoms with Gasteiger partial charge in [0.1, 0.15) is 0 Å². The van der Waals surface area contributed by atoms with E-state index in [9.17, 15) is 13.2 Å². The minimum Gasteiger partial charge on any atom is -0.493 e.